The van der Waals surface area contributed by atoms with Crippen LogP contribution >= 0.6 is 0 Å². The number of esters is 1. The molecule has 24 heavy (non-hydrogen) atoms. The molecule has 0 aliphatic carbocycles. The van der Waals surface area contributed by atoms with Crippen LogP contribution in [0.3, 0.4) is 0 Å². The number of piperidine rings is 1. The minimum atomic E-state index is -0.266. The van der Waals surface area contributed by atoms with E-state index in [1.54, 1.807) is 7.11 Å². The van der Waals surface area contributed by atoms with E-state index >= 15 is 0 Å². The number of nitrogens with one attached hydrogen (secondary N) is 1. The Bertz CT molecular complexity index is 568. The molecule has 6 heteroatoms. The molecule has 0 bridgehead atoms. The van der Waals surface area contributed by atoms with Gasteiger partial charge in [0.25, 0.3) is 0 Å². The first-order chi connectivity index (χ1) is 11.6. The van der Waals surface area contributed by atoms with E-state index < -0.39 is 0 Å². The topological polar surface area (TPSA) is 67.9 Å². The van der Waals surface area contributed by atoms with E-state index in [-0.39, 0.29) is 23.8 Å². The van der Waals surface area contributed by atoms with Crippen LogP contribution in [0.1, 0.15) is 26.7 Å². The van der Waals surface area contributed by atoms with Crippen molar-refractivity contribution in [3.8, 4) is 5.75 Å². The van der Waals surface area contributed by atoms with Gasteiger partial charge < -0.3 is 14.8 Å². The van der Waals surface area contributed by atoms with Gasteiger partial charge >= 0.3 is 5.97 Å². The molecule has 1 fully saturated rings. The number of anilines is 1. The lowest BCUT2D eigenvalue weighted by molar-refractivity contribution is -0.149. The molecule has 0 spiro atoms. The molecule has 1 amide bonds. The normalized spacial score (nSPS) is 17.1. The summed E-state index contributed by atoms with van der Waals surface area (Å²) in [5.41, 5.74) is 0.665. The second kappa shape index (κ2) is 8.68. The molecule has 1 atom stereocenters. The molecule has 1 saturated heterocycles. The number of hydrogen-bond donors (Lipinski definition) is 1. The van der Waals surface area contributed by atoms with Crippen molar-refractivity contribution in [2.75, 3.05) is 32.1 Å². The van der Waals surface area contributed by atoms with E-state index in [2.05, 4.69) is 10.2 Å². The molecule has 1 aromatic carbocycles. The fourth-order valence-corrected chi connectivity index (χ4v) is 2.93. The lowest BCUT2D eigenvalue weighted by Gasteiger charge is -2.34. The molecular formula is C18H26N2O4. The number of carbonyl (C=O) groups excluding carboxylic acids is 2. The Kier molecular flexibility index (Phi) is 6.61. The van der Waals surface area contributed by atoms with E-state index in [1.807, 2.05) is 38.1 Å². The van der Waals surface area contributed by atoms with Gasteiger partial charge in [-0.2, -0.15) is 0 Å². The second-order valence-corrected chi connectivity index (χ2v) is 5.93. The van der Waals surface area contributed by atoms with Crippen molar-refractivity contribution < 1.29 is 19.1 Å². The molecule has 0 saturated carbocycles. The second-order valence-electron chi connectivity index (χ2n) is 5.93. The van der Waals surface area contributed by atoms with Crippen molar-refractivity contribution in [3.05, 3.63) is 24.3 Å². The summed E-state index contributed by atoms with van der Waals surface area (Å²) in [6, 6.07) is 7.07. The highest BCUT2D eigenvalue weighted by Crippen LogP contribution is 2.24. The van der Waals surface area contributed by atoms with Crippen LogP contribution in [-0.4, -0.2) is 49.6 Å². The summed E-state index contributed by atoms with van der Waals surface area (Å²) in [6.45, 7) is 5.54. The van der Waals surface area contributed by atoms with Gasteiger partial charge in [-0.3, -0.25) is 14.5 Å². The Morgan fingerprint density at radius 3 is 2.58 bits per heavy atom. The predicted molar refractivity (Wildman–Crippen MR) is 92.0 cm³/mol. The lowest BCUT2D eigenvalue weighted by Crippen LogP contribution is -2.47. The average molecular weight is 334 g/mol. The maximum Gasteiger partial charge on any atom is 0.309 e. The van der Waals surface area contributed by atoms with Gasteiger partial charge in [0.2, 0.25) is 5.91 Å². The van der Waals surface area contributed by atoms with Crippen LogP contribution in [0.5, 0.6) is 5.75 Å². The van der Waals surface area contributed by atoms with Crippen LogP contribution < -0.4 is 10.1 Å². The minimum absolute atomic E-state index is 0.0503. The molecule has 1 unspecified atom stereocenters. The molecular weight excluding hydrogens is 308 g/mol. The van der Waals surface area contributed by atoms with Crippen molar-refractivity contribution in [2.24, 2.45) is 5.92 Å². The van der Waals surface area contributed by atoms with E-state index in [1.165, 1.54) is 0 Å². The Morgan fingerprint density at radius 2 is 1.96 bits per heavy atom. The minimum Gasteiger partial charge on any atom is -0.495 e. The summed E-state index contributed by atoms with van der Waals surface area (Å²) in [6.07, 6.45) is 1.45. The number of amides is 1. The fourth-order valence-electron chi connectivity index (χ4n) is 2.93. The van der Waals surface area contributed by atoms with Crippen molar-refractivity contribution in [1.29, 1.82) is 0 Å². The third-order valence-corrected chi connectivity index (χ3v) is 4.44. The number of hydrogen-bond acceptors (Lipinski definition) is 5. The number of likely N-dealkylation sites (tertiary alicyclic amines) is 1. The SMILES string of the molecule is CCOC(=O)C1CCN(C(C)C(=O)Nc2ccccc2OC)CC1. The summed E-state index contributed by atoms with van der Waals surface area (Å²) in [5, 5.41) is 2.92. The third-order valence-electron chi connectivity index (χ3n) is 4.44. The zero-order chi connectivity index (χ0) is 17.5. The quantitative estimate of drug-likeness (QED) is 0.809. The van der Waals surface area contributed by atoms with Gasteiger partial charge in [0.1, 0.15) is 5.75 Å². The van der Waals surface area contributed by atoms with Crippen LogP contribution in [-0.2, 0) is 14.3 Å². The van der Waals surface area contributed by atoms with E-state index in [4.69, 9.17) is 9.47 Å². The predicted octanol–water partition coefficient (Wildman–Crippen LogP) is 2.30. The number of rotatable bonds is 6. The summed E-state index contributed by atoms with van der Waals surface area (Å²) in [7, 11) is 1.58. The van der Waals surface area contributed by atoms with Crippen molar-refractivity contribution >= 4 is 17.6 Å². The van der Waals surface area contributed by atoms with Gasteiger partial charge in [-0.05, 0) is 51.9 Å². The molecule has 1 aromatic rings. The number of nitrogens with zero attached hydrogens (tertiary/aromatic N) is 1. The molecule has 6 nitrogen and oxygen atoms in total. The first-order valence-corrected chi connectivity index (χ1v) is 8.41. The van der Waals surface area contributed by atoms with Gasteiger partial charge in [-0.25, -0.2) is 0 Å². The molecule has 1 N–H and O–H groups in total. The Labute approximate surface area is 143 Å². The average Bonchev–Trinajstić information content (AvgIpc) is 2.61. The van der Waals surface area contributed by atoms with Gasteiger partial charge in [-0.1, -0.05) is 12.1 Å². The highest BCUT2D eigenvalue weighted by molar-refractivity contribution is 5.95. The van der Waals surface area contributed by atoms with Gasteiger partial charge in [0, 0.05) is 0 Å². The molecule has 1 heterocycles. The first-order valence-electron chi connectivity index (χ1n) is 8.41. The van der Waals surface area contributed by atoms with Gasteiger partial charge in [0.15, 0.2) is 0 Å². The number of carbonyl (C=O) groups is 2. The summed E-state index contributed by atoms with van der Waals surface area (Å²) >= 11 is 0. The monoisotopic (exact) mass is 334 g/mol. The van der Waals surface area contributed by atoms with Gasteiger partial charge in [0.05, 0.1) is 31.4 Å². The molecule has 132 valence electrons. The Hall–Kier alpha value is -2.08. The highest BCUT2D eigenvalue weighted by atomic mass is 16.5. The highest BCUT2D eigenvalue weighted by Gasteiger charge is 2.30. The number of methoxy groups -OCH3 is 1. The molecule has 0 aromatic heterocycles. The Morgan fingerprint density at radius 1 is 1.29 bits per heavy atom. The van der Waals surface area contributed by atoms with Crippen molar-refractivity contribution in [3.63, 3.8) is 0 Å². The summed E-state index contributed by atoms with van der Waals surface area (Å²) in [5.74, 6) is 0.391. The maximum absolute atomic E-state index is 12.5. The van der Waals surface area contributed by atoms with E-state index in [0.29, 0.717) is 31.1 Å². The summed E-state index contributed by atoms with van der Waals surface area (Å²) in [4.78, 5) is 26.4. The van der Waals surface area contributed by atoms with Crippen LogP contribution in [0.4, 0.5) is 5.69 Å². The smallest absolute Gasteiger partial charge is 0.309 e. The molecule has 1 aliphatic heterocycles. The van der Waals surface area contributed by atoms with Crippen LogP contribution in [0.2, 0.25) is 0 Å². The van der Waals surface area contributed by atoms with Crippen LogP contribution in [0.25, 0.3) is 0 Å². The van der Waals surface area contributed by atoms with Crippen LogP contribution in [0, 0.1) is 5.92 Å². The molecule has 1 aliphatic rings. The summed E-state index contributed by atoms with van der Waals surface area (Å²) < 4.78 is 10.3. The molecule has 2 rings (SSSR count). The zero-order valence-electron chi connectivity index (χ0n) is 14.6. The Balaban J connectivity index is 1.89. The number of ether oxygens (including phenoxy) is 2. The zero-order valence-corrected chi connectivity index (χ0v) is 14.6. The van der Waals surface area contributed by atoms with Crippen molar-refractivity contribution in [2.45, 2.75) is 32.7 Å². The lowest BCUT2D eigenvalue weighted by atomic mass is 9.96. The largest absolute Gasteiger partial charge is 0.495 e. The number of para-hydroxylation sites is 2. The van der Waals surface area contributed by atoms with E-state index in [0.717, 1.165) is 12.8 Å². The third kappa shape index (κ3) is 4.47. The van der Waals surface area contributed by atoms with E-state index in [9.17, 15) is 9.59 Å². The standard InChI is InChI=1S/C18H26N2O4/c1-4-24-18(22)14-9-11-20(12-10-14)13(2)17(21)19-15-7-5-6-8-16(15)23-3/h5-8,13-14H,4,9-12H2,1-3H3,(H,19,21). The fraction of sp³-hybridized carbons (Fsp3) is 0.556. The van der Waals surface area contributed by atoms with Gasteiger partial charge in [-0.15, -0.1) is 0 Å². The van der Waals surface area contributed by atoms with Crippen LogP contribution in [0.15, 0.2) is 24.3 Å². The maximum atomic E-state index is 12.5. The molecule has 0 radical (unpaired) electrons. The first kappa shape index (κ1) is 18.3. The number of benzene rings is 1. The van der Waals surface area contributed by atoms with Crippen molar-refractivity contribution in [1.82, 2.24) is 4.90 Å².